The number of methoxy groups -OCH3 is 1. The molecule has 0 heterocycles. The Kier molecular flexibility index (Phi) is 7.03. The largest absolute Gasteiger partial charge is 0.379 e. The van der Waals surface area contributed by atoms with Gasteiger partial charge in [0, 0.05) is 7.11 Å². The van der Waals surface area contributed by atoms with Crippen molar-refractivity contribution in [2.45, 2.75) is 52.2 Å². The topological polar surface area (TPSA) is 21.3 Å². The van der Waals surface area contributed by atoms with E-state index < -0.39 is 0 Å². The van der Waals surface area contributed by atoms with E-state index >= 15 is 0 Å². The normalized spacial score (nSPS) is 14.4. The van der Waals surface area contributed by atoms with Crippen LogP contribution >= 0.6 is 0 Å². The van der Waals surface area contributed by atoms with E-state index in [4.69, 9.17) is 4.74 Å². The van der Waals surface area contributed by atoms with Crippen LogP contribution in [-0.4, -0.2) is 19.8 Å². The maximum Gasteiger partial charge on any atom is 0.126 e. The maximum absolute atomic E-state index is 13.4. The van der Waals surface area contributed by atoms with Crippen molar-refractivity contribution in [1.29, 1.82) is 0 Å². The molecule has 1 rings (SSSR count). The molecule has 3 heteroatoms. The van der Waals surface area contributed by atoms with Crippen LogP contribution < -0.4 is 5.32 Å². The summed E-state index contributed by atoms with van der Waals surface area (Å²) >= 11 is 0. The number of rotatable bonds is 8. The van der Waals surface area contributed by atoms with Gasteiger partial charge in [-0.2, -0.15) is 0 Å². The highest BCUT2D eigenvalue weighted by Crippen LogP contribution is 2.24. The molecule has 0 saturated heterocycles. The molecule has 2 atom stereocenters. The van der Waals surface area contributed by atoms with Gasteiger partial charge in [0.2, 0.25) is 0 Å². The summed E-state index contributed by atoms with van der Waals surface area (Å²) in [5, 5.41) is 3.52. The minimum absolute atomic E-state index is 0.126. The van der Waals surface area contributed by atoms with Gasteiger partial charge in [-0.05, 0) is 43.5 Å². The van der Waals surface area contributed by atoms with Crippen LogP contribution in [0.15, 0.2) is 18.2 Å². The van der Waals surface area contributed by atoms with Crippen molar-refractivity contribution in [2.24, 2.45) is 0 Å². The fraction of sp³-hybridized carbons (Fsp3) is 0.625. The van der Waals surface area contributed by atoms with Crippen LogP contribution in [0.5, 0.6) is 0 Å². The van der Waals surface area contributed by atoms with E-state index in [0.717, 1.165) is 31.4 Å². The molecule has 108 valence electrons. The number of nitrogens with one attached hydrogen (secondary N) is 1. The fourth-order valence-corrected chi connectivity index (χ4v) is 2.33. The number of benzene rings is 1. The minimum atomic E-state index is -0.151. The zero-order chi connectivity index (χ0) is 14.3. The molecule has 0 saturated carbocycles. The molecule has 0 radical (unpaired) electrons. The van der Waals surface area contributed by atoms with Gasteiger partial charge in [-0.1, -0.05) is 32.4 Å². The molecule has 0 aliphatic heterocycles. The summed E-state index contributed by atoms with van der Waals surface area (Å²) in [6.07, 6.45) is 3.26. The quantitative estimate of drug-likeness (QED) is 0.769. The van der Waals surface area contributed by atoms with Gasteiger partial charge in [-0.3, -0.25) is 0 Å². The number of aryl methyl sites for hydroxylation is 1. The van der Waals surface area contributed by atoms with Crippen molar-refractivity contribution in [3.05, 3.63) is 35.1 Å². The Bertz CT molecular complexity index is 381. The van der Waals surface area contributed by atoms with E-state index in [1.54, 1.807) is 20.1 Å². The number of hydrogen-bond donors (Lipinski definition) is 1. The maximum atomic E-state index is 13.4. The Balaban J connectivity index is 2.96. The molecule has 1 N–H and O–H groups in total. The first-order valence-electron chi connectivity index (χ1n) is 7.16. The number of ether oxygens (including phenoxy) is 1. The Morgan fingerprint density at radius 3 is 2.53 bits per heavy atom. The zero-order valence-corrected chi connectivity index (χ0v) is 12.5. The molecule has 2 unspecified atom stereocenters. The first-order valence-corrected chi connectivity index (χ1v) is 7.16. The summed E-state index contributed by atoms with van der Waals surface area (Å²) in [5.41, 5.74) is 1.79. The highest BCUT2D eigenvalue weighted by molar-refractivity contribution is 5.27. The standard InChI is InChI=1S/C16H26FNO/c1-5-7-15(19-4)16(18-10-6-2)13-8-9-14(17)12(3)11-13/h8-9,11,15-16,18H,5-7,10H2,1-4H3. The SMILES string of the molecule is CCCNC(c1ccc(F)c(C)c1)C(CCC)OC. The molecular formula is C16H26FNO. The molecule has 1 aromatic rings. The lowest BCUT2D eigenvalue weighted by Gasteiger charge is -2.27. The molecule has 1 aromatic carbocycles. The third kappa shape index (κ3) is 4.59. The number of hydrogen-bond acceptors (Lipinski definition) is 2. The molecule has 0 aromatic heterocycles. The van der Waals surface area contributed by atoms with Gasteiger partial charge < -0.3 is 10.1 Å². The molecule has 0 fully saturated rings. The molecule has 2 nitrogen and oxygen atoms in total. The lowest BCUT2D eigenvalue weighted by Crippen LogP contribution is -2.34. The van der Waals surface area contributed by atoms with Gasteiger partial charge in [0.15, 0.2) is 0 Å². The average Bonchev–Trinajstić information content (AvgIpc) is 2.41. The van der Waals surface area contributed by atoms with E-state index in [1.165, 1.54) is 0 Å². The summed E-state index contributed by atoms with van der Waals surface area (Å²) < 4.78 is 19.0. The van der Waals surface area contributed by atoms with Gasteiger partial charge in [0.1, 0.15) is 5.82 Å². The van der Waals surface area contributed by atoms with Gasteiger partial charge in [-0.15, -0.1) is 0 Å². The highest BCUT2D eigenvalue weighted by Gasteiger charge is 2.22. The van der Waals surface area contributed by atoms with Crippen LogP contribution in [0.4, 0.5) is 4.39 Å². The van der Waals surface area contributed by atoms with E-state index in [1.807, 2.05) is 12.1 Å². The van der Waals surface area contributed by atoms with Crippen molar-refractivity contribution in [3.63, 3.8) is 0 Å². The van der Waals surface area contributed by atoms with Gasteiger partial charge >= 0.3 is 0 Å². The second-order valence-corrected chi connectivity index (χ2v) is 5.00. The minimum Gasteiger partial charge on any atom is -0.379 e. The predicted molar refractivity (Wildman–Crippen MR) is 77.9 cm³/mol. The third-order valence-electron chi connectivity index (χ3n) is 3.40. The van der Waals surface area contributed by atoms with E-state index in [-0.39, 0.29) is 18.0 Å². The van der Waals surface area contributed by atoms with Crippen molar-refractivity contribution >= 4 is 0 Å². The van der Waals surface area contributed by atoms with Gasteiger partial charge in [-0.25, -0.2) is 4.39 Å². The third-order valence-corrected chi connectivity index (χ3v) is 3.40. The first kappa shape index (κ1) is 16.1. The number of halogens is 1. The molecule has 19 heavy (non-hydrogen) atoms. The lowest BCUT2D eigenvalue weighted by molar-refractivity contribution is 0.0605. The average molecular weight is 267 g/mol. The Labute approximate surface area is 116 Å². The molecule has 0 aliphatic rings. The lowest BCUT2D eigenvalue weighted by atomic mass is 9.96. The fourth-order valence-electron chi connectivity index (χ4n) is 2.33. The van der Waals surface area contributed by atoms with Crippen molar-refractivity contribution in [3.8, 4) is 0 Å². The van der Waals surface area contributed by atoms with Crippen LogP contribution in [0.3, 0.4) is 0 Å². The summed E-state index contributed by atoms with van der Waals surface area (Å²) in [6.45, 7) is 7.03. The summed E-state index contributed by atoms with van der Waals surface area (Å²) in [5.74, 6) is -0.151. The van der Waals surface area contributed by atoms with E-state index in [9.17, 15) is 4.39 Å². The Hall–Kier alpha value is -0.930. The molecule has 0 spiro atoms. The smallest absolute Gasteiger partial charge is 0.126 e. The second-order valence-electron chi connectivity index (χ2n) is 5.00. The molecule has 0 amide bonds. The zero-order valence-electron chi connectivity index (χ0n) is 12.5. The van der Waals surface area contributed by atoms with Crippen LogP contribution in [0.2, 0.25) is 0 Å². The second kappa shape index (κ2) is 8.28. The van der Waals surface area contributed by atoms with Crippen LogP contribution in [0.25, 0.3) is 0 Å². The molecule has 0 aliphatic carbocycles. The van der Waals surface area contributed by atoms with Crippen LogP contribution in [0, 0.1) is 12.7 Å². The van der Waals surface area contributed by atoms with Crippen LogP contribution in [-0.2, 0) is 4.74 Å². The van der Waals surface area contributed by atoms with Gasteiger partial charge in [0.05, 0.1) is 12.1 Å². The summed E-state index contributed by atoms with van der Waals surface area (Å²) in [7, 11) is 1.75. The predicted octanol–water partition coefficient (Wildman–Crippen LogP) is 3.99. The van der Waals surface area contributed by atoms with Crippen molar-refractivity contribution in [2.75, 3.05) is 13.7 Å². The molecular weight excluding hydrogens is 241 g/mol. The van der Waals surface area contributed by atoms with Crippen molar-refractivity contribution in [1.82, 2.24) is 5.32 Å². The summed E-state index contributed by atoms with van der Waals surface area (Å²) in [4.78, 5) is 0. The van der Waals surface area contributed by atoms with Crippen molar-refractivity contribution < 1.29 is 9.13 Å². The monoisotopic (exact) mass is 267 g/mol. The first-order chi connectivity index (χ1) is 9.13. The van der Waals surface area contributed by atoms with E-state index in [0.29, 0.717) is 5.56 Å². The Morgan fingerprint density at radius 2 is 2.00 bits per heavy atom. The van der Waals surface area contributed by atoms with Crippen LogP contribution in [0.1, 0.15) is 50.3 Å². The summed E-state index contributed by atoms with van der Waals surface area (Å²) in [6, 6.07) is 5.45. The molecule has 0 bridgehead atoms. The Morgan fingerprint density at radius 1 is 1.26 bits per heavy atom. The van der Waals surface area contributed by atoms with Gasteiger partial charge in [0.25, 0.3) is 0 Å². The highest BCUT2D eigenvalue weighted by atomic mass is 19.1. The van der Waals surface area contributed by atoms with E-state index in [2.05, 4.69) is 19.2 Å².